The van der Waals surface area contributed by atoms with Gasteiger partial charge in [-0.1, -0.05) is 40.0 Å². The van der Waals surface area contributed by atoms with Crippen LogP contribution in [-0.2, 0) is 0 Å². The van der Waals surface area contributed by atoms with Crippen molar-refractivity contribution in [1.82, 2.24) is 0 Å². The van der Waals surface area contributed by atoms with E-state index in [-0.39, 0.29) is 0 Å². The monoisotopic (exact) mass is 192 g/mol. The lowest BCUT2D eigenvalue weighted by Gasteiger charge is -2.20. The molecule has 0 N–H and O–H groups in total. The maximum absolute atomic E-state index is 6.48. The molecule has 0 radical (unpaired) electrons. The minimum atomic E-state index is -1.26. The molecule has 0 unspecified atom stereocenters. The average molecular weight is 193 g/mol. The maximum atomic E-state index is 6.48. The Morgan fingerprint density at radius 1 is 1.00 bits per heavy atom. The molecule has 68 valence electrons. The van der Waals surface area contributed by atoms with Crippen molar-refractivity contribution in [2.24, 2.45) is 0 Å². The van der Waals surface area contributed by atoms with Crippen LogP contribution in [0.25, 0.3) is 0 Å². The SMILES string of the molecule is CCCCC[Si](Cl)(CC)CC. The molecule has 0 bridgehead atoms. The van der Waals surface area contributed by atoms with Crippen LogP contribution in [0.4, 0.5) is 0 Å². The number of hydrogen-bond donors (Lipinski definition) is 0. The predicted molar refractivity (Wildman–Crippen MR) is 56.9 cm³/mol. The molecule has 11 heavy (non-hydrogen) atoms. The van der Waals surface area contributed by atoms with Gasteiger partial charge in [-0.2, -0.15) is 11.1 Å². The summed E-state index contributed by atoms with van der Waals surface area (Å²) in [5.41, 5.74) is 0. The van der Waals surface area contributed by atoms with Gasteiger partial charge >= 0.3 is 0 Å². The molecule has 0 aromatic rings. The Bertz CT molecular complexity index is 89.6. The van der Waals surface area contributed by atoms with Gasteiger partial charge in [0.15, 0.2) is 7.38 Å². The number of unbranched alkanes of at least 4 members (excludes halogenated alkanes) is 2. The molecule has 0 rings (SSSR count). The second-order valence-electron chi connectivity index (χ2n) is 3.32. The van der Waals surface area contributed by atoms with Gasteiger partial charge in [-0.05, 0) is 18.1 Å². The molecule has 0 fully saturated rings. The first-order valence-electron chi connectivity index (χ1n) is 4.87. The molecule has 0 saturated carbocycles. The van der Waals surface area contributed by atoms with E-state index < -0.39 is 7.38 Å². The van der Waals surface area contributed by atoms with E-state index in [0.717, 1.165) is 0 Å². The minimum Gasteiger partial charge on any atom is -0.167 e. The maximum Gasteiger partial charge on any atom is 0.156 e. The van der Waals surface area contributed by atoms with Crippen LogP contribution in [0.3, 0.4) is 0 Å². The molecule has 0 heterocycles. The van der Waals surface area contributed by atoms with Gasteiger partial charge in [0.05, 0.1) is 0 Å². The fraction of sp³-hybridized carbons (Fsp3) is 1.00. The van der Waals surface area contributed by atoms with Crippen molar-refractivity contribution in [2.75, 3.05) is 0 Å². The van der Waals surface area contributed by atoms with Crippen molar-refractivity contribution in [2.45, 2.75) is 58.2 Å². The summed E-state index contributed by atoms with van der Waals surface area (Å²) in [5.74, 6) is 0. The highest BCUT2D eigenvalue weighted by Gasteiger charge is 2.24. The number of hydrogen-bond acceptors (Lipinski definition) is 0. The Morgan fingerprint density at radius 3 is 1.91 bits per heavy atom. The molecule has 0 aliphatic heterocycles. The smallest absolute Gasteiger partial charge is 0.156 e. The molecule has 0 amide bonds. The molecule has 0 atom stereocenters. The summed E-state index contributed by atoms with van der Waals surface area (Å²) >= 11 is 6.48. The van der Waals surface area contributed by atoms with E-state index in [1.54, 1.807) is 0 Å². The third kappa shape index (κ3) is 4.86. The first-order valence-corrected chi connectivity index (χ1v) is 8.50. The molecule has 0 saturated heterocycles. The van der Waals surface area contributed by atoms with Crippen molar-refractivity contribution in [3.63, 3.8) is 0 Å². The number of rotatable bonds is 6. The van der Waals surface area contributed by atoms with Crippen LogP contribution in [0.2, 0.25) is 18.1 Å². The van der Waals surface area contributed by atoms with Crippen molar-refractivity contribution in [3.05, 3.63) is 0 Å². The molecule has 0 spiro atoms. The van der Waals surface area contributed by atoms with Crippen LogP contribution in [-0.4, -0.2) is 7.38 Å². The molecular formula is C9H21ClSi. The van der Waals surface area contributed by atoms with Crippen LogP contribution >= 0.6 is 11.1 Å². The summed E-state index contributed by atoms with van der Waals surface area (Å²) in [7, 11) is -1.26. The van der Waals surface area contributed by atoms with E-state index in [9.17, 15) is 0 Å². The van der Waals surface area contributed by atoms with Gasteiger partial charge in [0, 0.05) is 0 Å². The topological polar surface area (TPSA) is 0 Å². The summed E-state index contributed by atoms with van der Waals surface area (Å²) in [6, 6.07) is 3.82. The normalized spacial score (nSPS) is 12.0. The van der Waals surface area contributed by atoms with E-state index in [0.29, 0.717) is 0 Å². The first-order chi connectivity index (χ1) is 5.18. The van der Waals surface area contributed by atoms with Crippen molar-refractivity contribution >= 4 is 18.5 Å². The fourth-order valence-corrected chi connectivity index (χ4v) is 3.79. The Labute approximate surface area is 77.0 Å². The lowest BCUT2D eigenvalue weighted by Crippen LogP contribution is -2.23. The van der Waals surface area contributed by atoms with Gasteiger partial charge in [-0.15, -0.1) is 0 Å². The highest BCUT2D eigenvalue weighted by molar-refractivity contribution is 7.20. The lowest BCUT2D eigenvalue weighted by atomic mass is 10.3. The van der Waals surface area contributed by atoms with Crippen LogP contribution in [0.5, 0.6) is 0 Å². The van der Waals surface area contributed by atoms with Gasteiger partial charge in [0.25, 0.3) is 0 Å². The molecule has 2 heteroatoms. The highest BCUT2D eigenvalue weighted by Crippen LogP contribution is 2.27. The summed E-state index contributed by atoms with van der Waals surface area (Å²) < 4.78 is 0. The quantitative estimate of drug-likeness (QED) is 0.333. The van der Waals surface area contributed by atoms with E-state index in [2.05, 4.69) is 20.8 Å². The van der Waals surface area contributed by atoms with Crippen LogP contribution in [0.15, 0.2) is 0 Å². The second-order valence-corrected chi connectivity index (χ2v) is 9.94. The van der Waals surface area contributed by atoms with Gasteiger partial charge < -0.3 is 0 Å². The number of halogens is 1. The summed E-state index contributed by atoms with van der Waals surface area (Å²) in [4.78, 5) is 0. The molecule has 0 aliphatic carbocycles. The molecule has 0 nitrogen and oxygen atoms in total. The zero-order chi connectivity index (χ0) is 8.74. The van der Waals surface area contributed by atoms with E-state index in [4.69, 9.17) is 11.1 Å². The Kier molecular flexibility index (Phi) is 6.35. The Hall–Kier alpha value is 0.507. The van der Waals surface area contributed by atoms with Gasteiger partial charge in [0.2, 0.25) is 0 Å². The van der Waals surface area contributed by atoms with Crippen molar-refractivity contribution in [1.29, 1.82) is 0 Å². The van der Waals surface area contributed by atoms with Crippen molar-refractivity contribution < 1.29 is 0 Å². The van der Waals surface area contributed by atoms with Gasteiger partial charge in [-0.25, -0.2) is 0 Å². The molecule has 0 aromatic carbocycles. The van der Waals surface area contributed by atoms with Gasteiger partial charge in [0.1, 0.15) is 0 Å². The highest BCUT2D eigenvalue weighted by atomic mass is 35.6. The van der Waals surface area contributed by atoms with E-state index >= 15 is 0 Å². The zero-order valence-electron chi connectivity index (χ0n) is 8.12. The van der Waals surface area contributed by atoms with Crippen LogP contribution in [0, 0.1) is 0 Å². The third-order valence-electron chi connectivity index (χ3n) is 2.50. The van der Waals surface area contributed by atoms with Gasteiger partial charge in [-0.3, -0.25) is 0 Å². The van der Waals surface area contributed by atoms with E-state index in [1.807, 2.05) is 0 Å². The Balaban J connectivity index is 3.51. The minimum absolute atomic E-state index is 1.24. The summed E-state index contributed by atoms with van der Waals surface area (Å²) in [6.07, 6.45) is 4.03. The van der Waals surface area contributed by atoms with Crippen LogP contribution in [0.1, 0.15) is 40.0 Å². The molecule has 0 aromatic heterocycles. The standard InChI is InChI=1S/C9H21ClSi/c1-4-7-8-9-11(10,5-2)6-3/h4-9H2,1-3H3. The fourth-order valence-electron chi connectivity index (χ4n) is 1.30. The largest absolute Gasteiger partial charge is 0.167 e. The zero-order valence-corrected chi connectivity index (χ0v) is 9.88. The summed E-state index contributed by atoms with van der Waals surface area (Å²) in [5, 5.41) is 0. The van der Waals surface area contributed by atoms with E-state index in [1.165, 1.54) is 37.4 Å². The Morgan fingerprint density at radius 2 is 1.55 bits per heavy atom. The first kappa shape index (κ1) is 11.5. The van der Waals surface area contributed by atoms with Crippen molar-refractivity contribution in [3.8, 4) is 0 Å². The third-order valence-corrected chi connectivity index (χ3v) is 8.45. The molecular weight excluding hydrogens is 172 g/mol. The average Bonchev–Trinajstić information content (AvgIpc) is 2.05. The lowest BCUT2D eigenvalue weighted by molar-refractivity contribution is 0.762. The predicted octanol–water partition coefficient (Wildman–Crippen LogP) is 4.40. The summed E-state index contributed by atoms with van der Waals surface area (Å²) in [6.45, 7) is 6.73. The second kappa shape index (κ2) is 6.07. The van der Waals surface area contributed by atoms with Crippen LogP contribution < -0.4 is 0 Å². The molecule has 0 aliphatic rings.